The van der Waals surface area contributed by atoms with Gasteiger partial charge in [-0.3, -0.25) is 0 Å². The van der Waals surface area contributed by atoms with E-state index in [0.717, 1.165) is 6.07 Å². The van der Waals surface area contributed by atoms with Gasteiger partial charge in [0.2, 0.25) is 0 Å². The fraction of sp³-hybridized carbons (Fsp3) is 0.400. The van der Waals surface area contributed by atoms with Crippen molar-refractivity contribution < 1.29 is 17.9 Å². The van der Waals surface area contributed by atoms with Crippen molar-refractivity contribution in [3.05, 3.63) is 29.6 Å². The molecule has 0 aliphatic carbocycles. The normalized spacial score (nSPS) is 12.9. The maximum absolute atomic E-state index is 13.4. The maximum atomic E-state index is 13.4. The molecule has 0 aliphatic heterocycles. The molecule has 1 aromatic rings. The van der Waals surface area contributed by atoms with Crippen molar-refractivity contribution in [2.45, 2.75) is 12.5 Å². The molecular formula is C10H12F3NO. The molecule has 0 radical (unpaired) electrons. The fourth-order valence-electron chi connectivity index (χ4n) is 1.30. The van der Waals surface area contributed by atoms with Crippen LogP contribution in [0.3, 0.4) is 0 Å². The molecule has 0 fully saturated rings. The fourth-order valence-corrected chi connectivity index (χ4v) is 1.30. The molecule has 0 aromatic heterocycles. The van der Waals surface area contributed by atoms with Crippen LogP contribution < -0.4 is 10.1 Å². The molecule has 1 unspecified atom stereocenters. The van der Waals surface area contributed by atoms with E-state index in [9.17, 15) is 13.2 Å². The van der Waals surface area contributed by atoms with E-state index in [1.165, 1.54) is 26.3 Å². The number of alkyl halides is 2. The second kappa shape index (κ2) is 5.02. The van der Waals surface area contributed by atoms with Crippen molar-refractivity contribution in [2.75, 3.05) is 14.2 Å². The quantitative estimate of drug-likeness (QED) is 0.839. The Balaban J connectivity index is 3.03. The molecule has 1 rings (SSSR count). The first kappa shape index (κ1) is 11.8. The van der Waals surface area contributed by atoms with Crippen molar-refractivity contribution in [1.29, 1.82) is 0 Å². The highest BCUT2D eigenvalue weighted by molar-refractivity contribution is 5.31. The Bertz CT molecular complexity index is 330. The molecule has 2 nitrogen and oxygen atoms in total. The highest BCUT2D eigenvalue weighted by Crippen LogP contribution is 2.25. The zero-order valence-corrected chi connectivity index (χ0v) is 8.43. The van der Waals surface area contributed by atoms with Crippen LogP contribution in [-0.2, 0) is 0 Å². The van der Waals surface area contributed by atoms with E-state index in [4.69, 9.17) is 4.74 Å². The van der Waals surface area contributed by atoms with Crippen LogP contribution in [0.4, 0.5) is 13.2 Å². The molecule has 1 N–H and O–H groups in total. The average molecular weight is 219 g/mol. The van der Waals surface area contributed by atoms with Crippen LogP contribution in [0.15, 0.2) is 18.2 Å². The molecule has 0 saturated heterocycles. The van der Waals surface area contributed by atoms with Gasteiger partial charge in [-0.15, -0.1) is 0 Å². The zero-order valence-electron chi connectivity index (χ0n) is 8.43. The Morgan fingerprint density at radius 2 is 2.00 bits per heavy atom. The number of benzene rings is 1. The largest absolute Gasteiger partial charge is 0.497 e. The van der Waals surface area contributed by atoms with Crippen LogP contribution in [0.1, 0.15) is 11.6 Å². The summed E-state index contributed by atoms with van der Waals surface area (Å²) >= 11 is 0. The standard InChI is InChI=1S/C10H12F3NO/c1-14-9(10(12)13)7-4-3-6(15-2)5-8(7)11/h3-5,9-10,14H,1-2H3. The lowest BCUT2D eigenvalue weighted by Gasteiger charge is -2.16. The van der Waals surface area contributed by atoms with Gasteiger partial charge in [0.25, 0.3) is 6.43 Å². The minimum atomic E-state index is -2.65. The van der Waals surface area contributed by atoms with Crippen molar-refractivity contribution >= 4 is 0 Å². The van der Waals surface area contributed by atoms with E-state index in [-0.39, 0.29) is 5.56 Å². The van der Waals surface area contributed by atoms with Gasteiger partial charge < -0.3 is 10.1 Å². The topological polar surface area (TPSA) is 21.3 Å². The molecule has 0 saturated carbocycles. The third-order valence-corrected chi connectivity index (χ3v) is 2.11. The number of rotatable bonds is 4. The molecule has 0 heterocycles. The van der Waals surface area contributed by atoms with Crippen LogP contribution in [-0.4, -0.2) is 20.6 Å². The predicted octanol–water partition coefficient (Wildman–Crippen LogP) is 2.36. The maximum Gasteiger partial charge on any atom is 0.257 e. The molecule has 5 heteroatoms. The second-order valence-electron chi connectivity index (χ2n) is 2.99. The summed E-state index contributed by atoms with van der Waals surface area (Å²) in [5.41, 5.74) is -0.0618. The molecule has 0 aliphatic rings. The van der Waals surface area contributed by atoms with E-state index in [1.54, 1.807) is 0 Å². The second-order valence-corrected chi connectivity index (χ2v) is 2.99. The number of nitrogens with one attached hydrogen (secondary N) is 1. The molecule has 1 atom stereocenters. The molecule has 0 amide bonds. The molecule has 0 spiro atoms. The van der Waals surface area contributed by atoms with Gasteiger partial charge in [-0.2, -0.15) is 0 Å². The van der Waals surface area contributed by atoms with Crippen LogP contribution in [0, 0.1) is 5.82 Å². The monoisotopic (exact) mass is 219 g/mol. The SMILES string of the molecule is CNC(c1ccc(OC)cc1F)C(F)F. The molecule has 1 aromatic carbocycles. The van der Waals surface area contributed by atoms with E-state index in [1.807, 2.05) is 0 Å². The summed E-state index contributed by atoms with van der Waals surface area (Å²) in [6, 6.07) is 2.53. The summed E-state index contributed by atoms with van der Waals surface area (Å²) in [5, 5.41) is 2.37. The highest BCUT2D eigenvalue weighted by Gasteiger charge is 2.23. The van der Waals surface area contributed by atoms with Gasteiger partial charge in [0.1, 0.15) is 11.6 Å². The van der Waals surface area contributed by atoms with Crippen molar-refractivity contribution in [3.8, 4) is 5.75 Å². The van der Waals surface area contributed by atoms with Crippen LogP contribution >= 0.6 is 0 Å². The van der Waals surface area contributed by atoms with Gasteiger partial charge in [0, 0.05) is 11.6 Å². The Labute approximate surface area is 86.1 Å². The van der Waals surface area contributed by atoms with Crippen LogP contribution in [0.5, 0.6) is 5.75 Å². The third-order valence-electron chi connectivity index (χ3n) is 2.11. The van der Waals surface area contributed by atoms with E-state index in [0.29, 0.717) is 5.75 Å². The van der Waals surface area contributed by atoms with Crippen LogP contribution in [0.2, 0.25) is 0 Å². The summed E-state index contributed by atoms with van der Waals surface area (Å²) in [6.45, 7) is 0. The van der Waals surface area contributed by atoms with E-state index < -0.39 is 18.3 Å². The van der Waals surface area contributed by atoms with Crippen LogP contribution in [0.25, 0.3) is 0 Å². The molecule has 15 heavy (non-hydrogen) atoms. The Hall–Kier alpha value is -1.23. The zero-order chi connectivity index (χ0) is 11.4. The summed E-state index contributed by atoms with van der Waals surface area (Å²) in [6.07, 6.45) is -2.65. The van der Waals surface area contributed by atoms with Gasteiger partial charge in [-0.1, -0.05) is 6.07 Å². The molecule has 0 bridgehead atoms. The average Bonchev–Trinajstić information content (AvgIpc) is 2.20. The summed E-state index contributed by atoms with van der Waals surface area (Å²) < 4.78 is 43.1. The van der Waals surface area contributed by atoms with Crippen molar-refractivity contribution in [2.24, 2.45) is 0 Å². The summed E-state index contributed by atoms with van der Waals surface area (Å²) in [4.78, 5) is 0. The van der Waals surface area contributed by atoms with Crippen molar-refractivity contribution in [1.82, 2.24) is 5.32 Å². The number of ether oxygens (including phenoxy) is 1. The van der Waals surface area contributed by atoms with Gasteiger partial charge in [-0.25, -0.2) is 13.2 Å². The lowest BCUT2D eigenvalue weighted by Crippen LogP contribution is -2.24. The Morgan fingerprint density at radius 1 is 1.33 bits per heavy atom. The Kier molecular flexibility index (Phi) is 3.96. The minimum Gasteiger partial charge on any atom is -0.497 e. The van der Waals surface area contributed by atoms with Gasteiger partial charge in [-0.05, 0) is 13.1 Å². The smallest absolute Gasteiger partial charge is 0.257 e. The third kappa shape index (κ3) is 2.62. The number of hydrogen-bond acceptors (Lipinski definition) is 2. The van der Waals surface area contributed by atoms with Gasteiger partial charge in [0.05, 0.1) is 13.2 Å². The van der Waals surface area contributed by atoms with Crippen molar-refractivity contribution in [3.63, 3.8) is 0 Å². The first-order chi connectivity index (χ1) is 7.10. The van der Waals surface area contributed by atoms with Gasteiger partial charge in [0.15, 0.2) is 0 Å². The first-order valence-corrected chi connectivity index (χ1v) is 4.39. The summed E-state index contributed by atoms with van der Waals surface area (Å²) in [5.74, 6) is -0.394. The molecule has 84 valence electrons. The van der Waals surface area contributed by atoms with E-state index >= 15 is 0 Å². The number of hydrogen-bond donors (Lipinski definition) is 1. The molecular weight excluding hydrogens is 207 g/mol. The lowest BCUT2D eigenvalue weighted by atomic mass is 10.1. The number of methoxy groups -OCH3 is 1. The lowest BCUT2D eigenvalue weighted by molar-refractivity contribution is 0.100. The minimum absolute atomic E-state index is 0.0618. The first-order valence-electron chi connectivity index (χ1n) is 4.39. The predicted molar refractivity (Wildman–Crippen MR) is 50.8 cm³/mol. The highest BCUT2D eigenvalue weighted by atomic mass is 19.3. The Morgan fingerprint density at radius 3 is 2.40 bits per heavy atom. The van der Waals surface area contributed by atoms with E-state index in [2.05, 4.69) is 5.32 Å². The number of halogens is 3. The summed E-state index contributed by atoms with van der Waals surface area (Å²) in [7, 11) is 2.75. The van der Waals surface area contributed by atoms with Gasteiger partial charge >= 0.3 is 0 Å².